The molecule has 1 saturated carbocycles. The highest BCUT2D eigenvalue weighted by Gasteiger charge is 2.55. The molecule has 0 bridgehead atoms. The molecule has 3 amide bonds. The van der Waals surface area contributed by atoms with Crippen LogP contribution in [0.15, 0.2) is 24.3 Å². The normalized spacial score (nSPS) is 27.4. The molecule has 2 unspecified atom stereocenters. The van der Waals surface area contributed by atoms with Gasteiger partial charge in [-0.2, -0.15) is 0 Å². The average molecular weight is 318 g/mol. The lowest BCUT2D eigenvalue weighted by atomic mass is 9.73. The predicted molar refractivity (Wildman–Crippen MR) is 81.3 cm³/mol. The molecule has 2 atom stereocenters. The largest absolute Gasteiger partial charge is 0.325 e. The third kappa shape index (κ3) is 2.52. The van der Waals surface area contributed by atoms with Gasteiger partial charge in [-0.25, -0.2) is 9.18 Å². The molecule has 6 heteroatoms. The van der Waals surface area contributed by atoms with Crippen molar-refractivity contribution in [3.63, 3.8) is 0 Å². The van der Waals surface area contributed by atoms with E-state index < -0.39 is 29.7 Å². The summed E-state index contributed by atoms with van der Waals surface area (Å²) < 4.78 is 13.7. The Kier molecular flexibility index (Phi) is 3.92. The molecule has 2 fully saturated rings. The Labute approximate surface area is 133 Å². The van der Waals surface area contributed by atoms with Crippen molar-refractivity contribution < 1.29 is 18.8 Å². The lowest BCUT2D eigenvalue weighted by molar-refractivity contribution is -0.133. The number of hydrogen-bond acceptors (Lipinski definition) is 3. The number of imide groups is 1. The number of hydrogen-bond donors (Lipinski definition) is 1. The van der Waals surface area contributed by atoms with Gasteiger partial charge in [0, 0.05) is 0 Å². The molecule has 1 saturated heterocycles. The Balaban J connectivity index is 1.81. The zero-order chi connectivity index (χ0) is 16.6. The van der Waals surface area contributed by atoms with Gasteiger partial charge < -0.3 is 5.32 Å². The molecule has 1 aromatic rings. The summed E-state index contributed by atoms with van der Waals surface area (Å²) in [5.74, 6) is -1.56. The summed E-state index contributed by atoms with van der Waals surface area (Å²) in [4.78, 5) is 38.1. The van der Waals surface area contributed by atoms with Gasteiger partial charge in [-0.05, 0) is 30.9 Å². The molecule has 2 aliphatic rings. The summed E-state index contributed by atoms with van der Waals surface area (Å²) in [6, 6.07) is 5.01. The fraction of sp³-hybridized carbons (Fsp3) is 0.471. The number of benzene rings is 1. The van der Waals surface area contributed by atoms with E-state index in [2.05, 4.69) is 5.32 Å². The number of carbonyl (C=O) groups is 3. The highest BCUT2D eigenvalue weighted by Crippen LogP contribution is 2.38. The van der Waals surface area contributed by atoms with E-state index in [0.717, 1.165) is 24.2 Å². The highest BCUT2D eigenvalue weighted by atomic mass is 19.1. The van der Waals surface area contributed by atoms with Gasteiger partial charge in [0.2, 0.25) is 0 Å². The van der Waals surface area contributed by atoms with Gasteiger partial charge in [0.1, 0.15) is 11.4 Å². The van der Waals surface area contributed by atoms with Crippen LogP contribution in [0.3, 0.4) is 0 Å². The van der Waals surface area contributed by atoms with Gasteiger partial charge in [-0.15, -0.1) is 0 Å². The van der Waals surface area contributed by atoms with E-state index in [-0.39, 0.29) is 17.4 Å². The van der Waals surface area contributed by atoms with E-state index >= 15 is 0 Å². The third-order valence-corrected chi connectivity index (χ3v) is 4.98. The van der Waals surface area contributed by atoms with E-state index in [0.29, 0.717) is 6.42 Å². The van der Waals surface area contributed by atoms with Crippen LogP contribution in [0.25, 0.3) is 0 Å². The zero-order valence-electron chi connectivity index (χ0n) is 13.0. The minimum Gasteiger partial charge on any atom is -0.323 e. The Morgan fingerprint density at radius 1 is 1.35 bits per heavy atom. The molecule has 122 valence electrons. The van der Waals surface area contributed by atoms with E-state index in [9.17, 15) is 18.8 Å². The number of nitrogens with zero attached hydrogens (tertiary/aromatic N) is 1. The average Bonchev–Trinajstić information content (AvgIpc) is 2.76. The maximum Gasteiger partial charge on any atom is 0.325 e. The van der Waals surface area contributed by atoms with Crippen LogP contribution in [-0.4, -0.2) is 34.7 Å². The van der Waals surface area contributed by atoms with Crippen LogP contribution in [0.2, 0.25) is 0 Å². The van der Waals surface area contributed by atoms with Crippen LogP contribution in [0.5, 0.6) is 0 Å². The lowest BCUT2D eigenvalue weighted by Crippen LogP contribution is -2.54. The molecule has 5 nitrogen and oxygen atoms in total. The minimum atomic E-state index is -0.898. The number of Topliss-reactive ketones (excluding diaryl/α,β-unsaturated/α-hetero) is 1. The van der Waals surface area contributed by atoms with Crippen molar-refractivity contribution in [1.82, 2.24) is 10.2 Å². The summed E-state index contributed by atoms with van der Waals surface area (Å²) in [5, 5.41) is 2.78. The summed E-state index contributed by atoms with van der Waals surface area (Å²) >= 11 is 0. The second kappa shape index (κ2) is 5.76. The number of rotatable bonds is 3. The number of halogens is 1. The molecule has 1 N–H and O–H groups in total. The number of carbonyl (C=O) groups excluding carboxylic acids is 3. The summed E-state index contributed by atoms with van der Waals surface area (Å²) in [6.07, 6.45) is 3.34. The first-order valence-electron chi connectivity index (χ1n) is 7.87. The van der Waals surface area contributed by atoms with Crippen molar-refractivity contribution in [2.75, 3.05) is 6.54 Å². The molecule has 1 spiro atoms. The smallest absolute Gasteiger partial charge is 0.323 e. The number of urea groups is 1. The molecule has 1 heterocycles. The van der Waals surface area contributed by atoms with Crippen LogP contribution in [0.1, 0.15) is 43.0 Å². The topological polar surface area (TPSA) is 66.5 Å². The first kappa shape index (κ1) is 15.6. The molecule has 1 aromatic carbocycles. The Bertz CT molecular complexity index is 676. The third-order valence-electron chi connectivity index (χ3n) is 4.98. The van der Waals surface area contributed by atoms with Crippen molar-refractivity contribution in [3.05, 3.63) is 35.6 Å². The van der Waals surface area contributed by atoms with Crippen LogP contribution in [0, 0.1) is 11.7 Å². The monoisotopic (exact) mass is 318 g/mol. The first-order chi connectivity index (χ1) is 11.0. The molecule has 0 aromatic heterocycles. The Morgan fingerprint density at radius 2 is 2.09 bits per heavy atom. The summed E-state index contributed by atoms with van der Waals surface area (Å²) in [7, 11) is 0. The van der Waals surface area contributed by atoms with Crippen LogP contribution < -0.4 is 5.32 Å². The van der Waals surface area contributed by atoms with E-state index in [4.69, 9.17) is 0 Å². The molecule has 1 aliphatic heterocycles. The molecule has 0 radical (unpaired) electrons. The Morgan fingerprint density at radius 3 is 2.78 bits per heavy atom. The minimum absolute atomic E-state index is 0.0289. The molecule has 3 rings (SSSR count). The van der Waals surface area contributed by atoms with Crippen molar-refractivity contribution in [3.8, 4) is 0 Å². The van der Waals surface area contributed by atoms with E-state index in [1.165, 1.54) is 18.2 Å². The Hall–Kier alpha value is -2.24. The first-order valence-corrected chi connectivity index (χ1v) is 7.87. The summed E-state index contributed by atoms with van der Waals surface area (Å²) in [5.41, 5.74) is -1.00. The van der Waals surface area contributed by atoms with Gasteiger partial charge >= 0.3 is 6.03 Å². The molecular weight excluding hydrogens is 299 g/mol. The fourth-order valence-electron chi connectivity index (χ4n) is 3.56. The molecule has 1 aliphatic carbocycles. The summed E-state index contributed by atoms with van der Waals surface area (Å²) in [6.45, 7) is 1.51. The van der Waals surface area contributed by atoms with E-state index in [1.807, 2.05) is 6.92 Å². The predicted octanol–water partition coefficient (Wildman–Crippen LogP) is 2.51. The standard InChI is InChI=1S/C17H19FN2O3/c1-11-6-4-5-9-17(11)15(22)20(16(23)19-17)10-14(21)12-7-2-3-8-13(12)18/h2-3,7-8,11H,4-6,9-10H2,1H3,(H,19,23). The van der Waals surface area contributed by atoms with Gasteiger partial charge in [0.25, 0.3) is 5.91 Å². The number of nitrogens with one attached hydrogen (secondary N) is 1. The lowest BCUT2D eigenvalue weighted by Gasteiger charge is -2.36. The molecular formula is C17H19FN2O3. The highest BCUT2D eigenvalue weighted by molar-refractivity contribution is 6.11. The quantitative estimate of drug-likeness (QED) is 0.688. The second-order valence-electron chi connectivity index (χ2n) is 6.34. The van der Waals surface area contributed by atoms with E-state index in [1.54, 1.807) is 6.07 Å². The maximum absolute atomic E-state index is 13.7. The SMILES string of the molecule is CC1CCCCC12NC(=O)N(CC(=O)c1ccccc1F)C2=O. The van der Waals surface area contributed by atoms with Crippen molar-refractivity contribution in [2.45, 2.75) is 38.1 Å². The van der Waals surface area contributed by atoms with Crippen molar-refractivity contribution >= 4 is 17.7 Å². The van der Waals surface area contributed by atoms with Crippen LogP contribution in [-0.2, 0) is 4.79 Å². The van der Waals surface area contributed by atoms with Gasteiger partial charge in [0.15, 0.2) is 5.78 Å². The number of amides is 3. The van der Waals surface area contributed by atoms with Gasteiger partial charge in [-0.1, -0.05) is 31.9 Å². The van der Waals surface area contributed by atoms with Crippen molar-refractivity contribution in [2.24, 2.45) is 5.92 Å². The van der Waals surface area contributed by atoms with Gasteiger partial charge in [0.05, 0.1) is 12.1 Å². The zero-order valence-corrected chi connectivity index (χ0v) is 13.0. The van der Waals surface area contributed by atoms with Crippen LogP contribution >= 0.6 is 0 Å². The second-order valence-corrected chi connectivity index (χ2v) is 6.34. The van der Waals surface area contributed by atoms with Crippen molar-refractivity contribution in [1.29, 1.82) is 0 Å². The van der Waals surface area contributed by atoms with Gasteiger partial charge in [-0.3, -0.25) is 14.5 Å². The van der Waals surface area contributed by atoms with Crippen LogP contribution in [0.4, 0.5) is 9.18 Å². The fourth-order valence-corrected chi connectivity index (χ4v) is 3.56. The number of ketones is 1. The molecule has 23 heavy (non-hydrogen) atoms. The maximum atomic E-state index is 13.7.